The summed E-state index contributed by atoms with van der Waals surface area (Å²) >= 11 is 0. The van der Waals surface area contributed by atoms with Crippen molar-refractivity contribution < 1.29 is 232 Å². The fourth-order valence-electron chi connectivity index (χ4n) is 10.2. The van der Waals surface area contributed by atoms with E-state index in [9.17, 15) is 75.7 Å². The summed E-state index contributed by atoms with van der Waals surface area (Å²) in [7, 11) is 2.63. The largest absolute Gasteiger partial charge is 1.00 e. The number of esters is 2. The van der Waals surface area contributed by atoms with Gasteiger partial charge in [-0.1, -0.05) is 0 Å². The van der Waals surface area contributed by atoms with Crippen LogP contribution in [0.2, 0.25) is 0 Å². The van der Waals surface area contributed by atoms with Crippen LogP contribution in [0.1, 0.15) is 66.6 Å². The van der Waals surface area contributed by atoms with Crippen LogP contribution in [0.4, 0.5) is 0 Å². The van der Waals surface area contributed by atoms with E-state index in [0.29, 0.717) is 58.5 Å². The van der Waals surface area contributed by atoms with Crippen LogP contribution in [-0.4, -0.2) is 515 Å². The molecule has 0 aliphatic rings. The van der Waals surface area contributed by atoms with Crippen LogP contribution < -0.4 is 18.9 Å². The molecule has 0 aromatic rings. The van der Waals surface area contributed by atoms with Crippen molar-refractivity contribution in [1.82, 2.24) is 0 Å². The first-order valence-corrected chi connectivity index (χ1v) is 40.7. The molecule has 43 nitrogen and oxygen atoms in total. The van der Waals surface area contributed by atoms with Crippen LogP contribution in [0.25, 0.3) is 0 Å². The van der Waals surface area contributed by atoms with Crippen LogP contribution in [0.15, 0.2) is 0 Å². The van der Waals surface area contributed by atoms with Crippen molar-refractivity contribution in [2.45, 2.75) is 65.2 Å². The van der Waals surface area contributed by atoms with Gasteiger partial charge in [0.1, 0.15) is 0 Å². The number of aliphatic carboxylic acids is 1. The number of carbonyl (C=O) groups is 3. The number of unbranched alkanes of at least 4 members (excludes halogenated alkanes) is 1. The second kappa shape index (κ2) is 89.3. The quantitative estimate of drug-likeness (QED) is 0.0153. The molecule has 20 N–H and O–H groups in total. The third-order valence-electron chi connectivity index (χ3n) is 17.8. The molecule has 0 rings (SSSR count). The van der Waals surface area contributed by atoms with Crippen LogP contribution in [0, 0.1) is 43.3 Å². The Balaban J connectivity index is -0.000000299. The fourth-order valence-corrected chi connectivity index (χ4v) is 10.2. The average Bonchev–Trinajstić information content (AvgIpc) is 0.845. The number of methoxy groups -OCH3 is 2. The third kappa shape index (κ3) is 67.8. The summed E-state index contributed by atoms with van der Waals surface area (Å²) < 4.78 is 111. The monoisotopic (exact) mass is 1820 g/mol. The average molecular weight is 1820 g/mol. The SMILES string of the molecule is CCOCC(COCCO)(COCCO)COCC(COCCO)(COCCO)COCCCC(=O)OC.CCOCC(COCCO)(COCCO)COCC(COCCO)(COCCO)COCCCCO.COC(=O)CCCOCC(CO)(CO)COCC(CO)(CO)CO.O=C(O)CCCOCC(CO)(CO)COCC(CO)(CO)CO.[AlH3].[H-].[Li+]. The molecule has 0 aromatic carbocycles. The Labute approximate surface area is 749 Å². The minimum atomic E-state index is -1.20. The molecule has 0 fully saturated rings. The topological polar surface area (TPSA) is 640 Å². The van der Waals surface area contributed by atoms with E-state index >= 15 is 0 Å². The van der Waals surface area contributed by atoms with Gasteiger partial charge in [-0.2, -0.15) is 0 Å². The molecule has 0 amide bonds. The zero-order chi connectivity index (χ0) is 91.4. The zero-order valence-corrected chi connectivity index (χ0v) is 73.4. The van der Waals surface area contributed by atoms with Gasteiger partial charge in [0.05, 0.1) is 375 Å². The summed E-state index contributed by atoms with van der Waals surface area (Å²) in [6.45, 7) is 4.13. The molecule has 123 heavy (non-hydrogen) atoms. The Hall–Kier alpha value is -1.94. The Morgan fingerprint density at radius 2 is 0.390 bits per heavy atom. The predicted octanol–water partition coefficient (Wildman–Crippen LogP) is -10.5. The molecule has 0 aromatic heterocycles. The van der Waals surface area contributed by atoms with Crippen molar-refractivity contribution in [1.29, 1.82) is 0 Å². The minimum Gasteiger partial charge on any atom is -1.00 e. The molecule has 0 aliphatic heterocycles. The fraction of sp³-hybridized carbons (Fsp3) is 0.962. The molecule has 0 unspecified atom stereocenters. The van der Waals surface area contributed by atoms with E-state index in [1.54, 1.807) is 0 Å². The van der Waals surface area contributed by atoms with Crippen LogP contribution in [0.3, 0.4) is 0 Å². The first-order valence-electron chi connectivity index (χ1n) is 40.7. The summed E-state index contributed by atoms with van der Waals surface area (Å²) in [5, 5.41) is 184. The smallest absolute Gasteiger partial charge is 1.00 e. The molecule has 0 bridgehead atoms. The van der Waals surface area contributed by atoms with Crippen LogP contribution >= 0.6 is 0 Å². The van der Waals surface area contributed by atoms with Gasteiger partial charge in [0.25, 0.3) is 0 Å². The first kappa shape index (κ1) is 132. The maximum atomic E-state index is 11.4. The Kier molecular flexibility index (Phi) is 95.7. The van der Waals surface area contributed by atoms with E-state index in [0.717, 1.165) is 0 Å². The van der Waals surface area contributed by atoms with Crippen molar-refractivity contribution in [3.63, 3.8) is 0 Å². The van der Waals surface area contributed by atoms with Gasteiger partial charge in [-0.25, -0.2) is 0 Å². The van der Waals surface area contributed by atoms with Gasteiger partial charge in [0.2, 0.25) is 0 Å². The van der Waals surface area contributed by atoms with Crippen molar-refractivity contribution in [3.05, 3.63) is 0 Å². The molecular weight excluding hydrogens is 1660 g/mol. The maximum absolute atomic E-state index is 11.4. The maximum Gasteiger partial charge on any atom is 1.00 e. The molecular formula is C78H162AlLiO43. The van der Waals surface area contributed by atoms with Gasteiger partial charge < -0.3 is 198 Å². The number of hydrogen-bond acceptors (Lipinski definition) is 42. The van der Waals surface area contributed by atoms with Gasteiger partial charge >= 0.3 is 36.8 Å². The molecule has 45 heteroatoms. The molecule has 0 saturated heterocycles. The summed E-state index contributed by atoms with van der Waals surface area (Å²) in [5.74, 6) is -1.59. The predicted molar refractivity (Wildman–Crippen MR) is 440 cm³/mol. The van der Waals surface area contributed by atoms with Gasteiger partial charge in [-0.3, -0.25) is 14.4 Å². The molecule has 736 valence electrons. The summed E-state index contributed by atoms with van der Waals surface area (Å²) in [6, 6.07) is 0. The first-order chi connectivity index (χ1) is 58.4. The second-order valence-electron chi connectivity index (χ2n) is 29.5. The number of carbonyl (C=O) groups excluding carboxylic acids is 2. The van der Waals surface area contributed by atoms with Crippen molar-refractivity contribution >= 4 is 35.3 Å². The second-order valence-corrected chi connectivity index (χ2v) is 29.5. The van der Waals surface area contributed by atoms with Crippen molar-refractivity contribution in [2.75, 3.05) is 378 Å². The third-order valence-corrected chi connectivity index (χ3v) is 17.8. The number of ether oxygens (including phenoxy) is 20. The van der Waals surface area contributed by atoms with Crippen LogP contribution in [-0.2, 0) is 109 Å². The minimum absolute atomic E-state index is 0. The molecule has 0 aliphatic carbocycles. The Morgan fingerprint density at radius 3 is 0.577 bits per heavy atom. The van der Waals surface area contributed by atoms with E-state index in [1.807, 2.05) is 13.8 Å². The van der Waals surface area contributed by atoms with E-state index in [1.165, 1.54) is 14.2 Å². The van der Waals surface area contributed by atoms with Gasteiger partial charge in [0, 0.05) is 65.5 Å². The zero-order valence-electron chi connectivity index (χ0n) is 74.4. The summed E-state index contributed by atoms with van der Waals surface area (Å²) in [5.41, 5.74) is -7.44. The van der Waals surface area contributed by atoms with Crippen LogP contribution in [0.5, 0.6) is 0 Å². The Morgan fingerprint density at radius 1 is 0.220 bits per heavy atom. The number of carboxylic acids is 1. The number of aliphatic hydroxyl groups is 19. The van der Waals surface area contributed by atoms with E-state index < -0.39 is 115 Å². The number of carboxylic acid groups (broad SMARTS) is 1. The summed E-state index contributed by atoms with van der Waals surface area (Å²) in [6.07, 6.45) is 2.97. The van der Waals surface area contributed by atoms with E-state index in [4.69, 9.17) is 126 Å². The van der Waals surface area contributed by atoms with E-state index in [-0.39, 0.29) is 340 Å². The van der Waals surface area contributed by atoms with Crippen molar-refractivity contribution in [3.8, 4) is 0 Å². The van der Waals surface area contributed by atoms with Gasteiger partial charge in [-0.05, 0) is 46.0 Å². The van der Waals surface area contributed by atoms with E-state index in [2.05, 4.69) is 9.47 Å². The normalized spacial score (nSPS) is 12.2. The molecule has 0 atom stereocenters. The number of rotatable bonds is 88. The standard InChI is InChI=1S/C25H50O13.C24H50O12.C15H30O9.C14H28O9.Al.Li.4H/c1-3-32-15-24(17-34-11-6-26,18-35-12-7-27)21-38-22-25(19-36-13-8-28,20-37-14-9-29)16-33-10-4-5-23(30)31-2;1-2-30-15-23(17-32-11-6-26,18-33-12-7-27)21-36-22-24(19-34-13-8-28,20-35-14-9-29)16-31-10-4-3-5-25;1-22-13(21)3-2-4-23-11-15(8-19,9-20)12-24-10-14(5-16,6-17)7-18;15-4-13(5-16,6-17)9-23-11-14(7-18,8-19)10-22-3-1-2-12(20)21;;;;;;/h26-29H,3-22H2,1-2H3;25-29H,2-22H2,1H3;16-20H,2-12H2,1H3;15-19H,1-11H2,(H,20,21);;;;;;/q;;;;;+1;;;;-1. The molecule has 0 heterocycles. The number of aliphatic hydroxyl groups excluding tert-OH is 19. The molecule has 0 saturated carbocycles. The number of hydrogen-bond donors (Lipinski definition) is 20. The molecule has 0 radical (unpaired) electrons. The Bertz CT molecular complexity index is 2190. The van der Waals surface area contributed by atoms with Gasteiger partial charge in [-0.15, -0.1) is 0 Å². The molecule has 0 spiro atoms. The van der Waals surface area contributed by atoms with Gasteiger partial charge in [0.15, 0.2) is 17.4 Å². The summed E-state index contributed by atoms with van der Waals surface area (Å²) in [4.78, 5) is 32.7. The van der Waals surface area contributed by atoms with Crippen molar-refractivity contribution in [2.24, 2.45) is 43.3 Å².